The molecular formula is C17H13F3N2O5. The van der Waals surface area contributed by atoms with Crippen molar-refractivity contribution in [2.75, 3.05) is 19.5 Å². The van der Waals surface area contributed by atoms with Crippen molar-refractivity contribution >= 4 is 11.8 Å². The van der Waals surface area contributed by atoms with Crippen LogP contribution in [0.5, 0.6) is 17.5 Å². The van der Waals surface area contributed by atoms with Gasteiger partial charge >= 0.3 is 12.5 Å². The molecule has 0 aliphatic rings. The first-order valence-corrected chi connectivity index (χ1v) is 7.22. The fraction of sp³-hybridized carbons (Fsp3) is 0.176. The van der Waals surface area contributed by atoms with Gasteiger partial charge in [-0.05, 0) is 30.3 Å². The van der Waals surface area contributed by atoms with E-state index < -0.39 is 24.0 Å². The van der Waals surface area contributed by atoms with Crippen LogP contribution in [-0.2, 0) is 0 Å². The number of ether oxygens (including phenoxy) is 3. The molecule has 0 fully saturated rings. The number of hydrogen-bond acceptors (Lipinski definition) is 5. The van der Waals surface area contributed by atoms with E-state index in [1.54, 1.807) is 29.6 Å². The number of aromatic nitrogens is 1. The van der Waals surface area contributed by atoms with Crippen LogP contribution in [0.4, 0.5) is 23.7 Å². The number of hydrogen-bond donors (Lipinski definition) is 2. The van der Waals surface area contributed by atoms with Gasteiger partial charge in [0.15, 0.2) is 0 Å². The average Bonchev–Trinajstić information content (AvgIpc) is 2.60. The van der Waals surface area contributed by atoms with Crippen molar-refractivity contribution in [3.8, 4) is 29.4 Å². The number of carboxylic acid groups (broad SMARTS) is 1. The number of nitrogens with zero attached hydrogens (tertiary/aromatic N) is 1. The topological polar surface area (TPSA) is 89.9 Å². The molecule has 0 radical (unpaired) electrons. The minimum absolute atomic E-state index is 0.0617. The molecule has 2 N–H and O–H groups in total. The zero-order valence-electron chi connectivity index (χ0n) is 14.0. The van der Waals surface area contributed by atoms with E-state index in [0.717, 1.165) is 6.07 Å². The molecule has 0 spiro atoms. The van der Waals surface area contributed by atoms with Gasteiger partial charge in [0.1, 0.15) is 11.4 Å². The Kier molecular flexibility index (Phi) is 5.97. The van der Waals surface area contributed by atoms with E-state index in [1.165, 1.54) is 14.2 Å². The molecule has 7 nitrogen and oxygen atoms in total. The number of amides is 1. The number of methoxy groups -OCH3 is 2. The van der Waals surface area contributed by atoms with Gasteiger partial charge in [0, 0.05) is 5.56 Å². The fourth-order valence-electron chi connectivity index (χ4n) is 1.93. The summed E-state index contributed by atoms with van der Waals surface area (Å²) in [7, 11) is 2.70. The maximum absolute atomic E-state index is 12.5. The molecule has 0 saturated heterocycles. The Labute approximate surface area is 151 Å². The highest BCUT2D eigenvalue weighted by atomic mass is 19.4. The van der Waals surface area contributed by atoms with Crippen LogP contribution >= 0.6 is 0 Å². The Hall–Kier alpha value is -3.61. The third-order valence-electron chi connectivity index (χ3n) is 3.03. The van der Waals surface area contributed by atoms with E-state index in [4.69, 9.17) is 14.6 Å². The predicted molar refractivity (Wildman–Crippen MR) is 88.1 cm³/mol. The molecule has 0 unspecified atom stereocenters. The normalized spacial score (nSPS) is 10.4. The molecule has 0 aliphatic carbocycles. The maximum atomic E-state index is 12.5. The fourth-order valence-corrected chi connectivity index (χ4v) is 1.93. The quantitative estimate of drug-likeness (QED) is 0.787. The van der Waals surface area contributed by atoms with Crippen LogP contribution in [0.2, 0.25) is 0 Å². The molecule has 27 heavy (non-hydrogen) atoms. The first-order valence-electron chi connectivity index (χ1n) is 7.22. The van der Waals surface area contributed by atoms with Crippen LogP contribution in [0.25, 0.3) is 0 Å². The number of anilines is 1. The van der Waals surface area contributed by atoms with Crippen LogP contribution in [0.1, 0.15) is 11.1 Å². The standard InChI is InChI=1S/C17H13F3N2O5/c1-25-12-7-4-10(5-8-12)3-6-11-9-13(21-16(23)24)15(22-14(11)26-2)27-17(18,19)20/h4-5,7-9,21H,1-2H3,(H,23,24). The Morgan fingerprint density at radius 3 is 2.30 bits per heavy atom. The Morgan fingerprint density at radius 1 is 1.11 bits per heavy atom. The van der Waals surface area contributed by atoms with Gasteiger partial charge in [0.05, 0.1) is 19.8 Å². The summed E-state index contributed by atoms with van der Waals surface area (Å²) in [6.45, 7) is 0. The van der Waals surface area contributed by atoms with Gasteiger partial charge < -0.3 is 19.3 Å². The van der Waals surface area contributed by atoms with Crippen molar-refractivity contribution < 1.29 is 37.3 Å². The highest BCUT2D eigenvalue weighted by molar-refractivity contribution is 5.85. The lowest BCUT2D eigenvalue weighted by Gasteiger charge is -2.14. The SMILES string of the molecule is COc1ccc(C#Cc2cc(NC(=O)O)c(OC(F)(F)F)nc2OC)cc1. The summed E-state index contributed by atoms with van der Waals surface area (Å²) in [5, 5.41) is 10.6. The smallest absolute Gasteiger partial charge is 0.497 e. The van der Waals surface area contributed by atoms with Crippen LogP contribution in [0.3, 0.4) is 0 Å². The summed E-state index contributed by atoms with van der Waals surface area (Å²) < 4.78 is 51.2. The van der Waals surface area contributed by atoms with Crippen molar-refractivity contribution in [1.82, 2.24) is 4.98 Å². The average molecular weight is 382 g/mol. The van der Waals surface area contributed by atoms with Crippen LogP contribution in [0, 0.1) is 11.8 Å². The second-order valence-electron chi connectivity index (χ2n) is 4.85. The largest absolute Gasteiger partial charge is 0.574 e. The monoisotopic (exact) mass is 382 g/mol. The molecule has 0 bridgehead atoms. The van der Waals surface area contributed by atoms with Gasteiger partial charge in [0.25, 0.3) is 0 Å². The molecule has 2 aromatic rings. The molecule has 0 atom stereocenters. The molecule has 1 amide bonds. The highest BCUT2D eigenvalue weighted by Crippen LogP contribution is 2.32. The Morgan fingerprint density at radius 2 is 1.78 bits per heavy atom. The molecular weight excluding hydrogens is 369 g/mol. The van der Waals surface area contributed by atoms with Crippen molar-refractivity contribution in [1.29, 1.82) is 0 Å². The molecule has 142 valence electrons. The first-order chi connectivity index (χ1) is 12.7. The molecule has 0 saturated carbocycles. The van der Waals surface area contributed by atoms with E-state index in [2.05, 4.69) is 21.6 Å². The van der Waals surface area contributed by atoms with Crippen molar-refractivity contribution in [2.45, 2.75) is 6.36 Å². The van der Waals surface area contributed by atoms with Gasteiger partial charge in [-0.15, -0.1) is 13.2 Å². The summed E-state index contributed by atoms with van der Waals surface area (Å²) in [4.78, 5) is 14.4. The molecule has 1 aromatic carbocycles. The Balaban J connectivity index is 2.45. The lowest BCUT2D eigenvalue weighted by atomic mass is 10.2. The minimum atomic E-state index is -5.07. The van der Waals surface area contributed by atoms with Crippen molar-refractivity contribution in [3.05, 3.63) is 41.5 Å². The van der Waals surface area contributed by atoms with E-state index in [1.807, 2.05) is 0 Å². The van der Waals surface area contributed by atoms with Crippen LogP contribution in [0.15, 0.2) is 30.3 Å². The number of benzene rings is 1. The van der Waals surface area contributed by atoms with E-state index >= 15 is 0 Å². The number of nitrogens with one attached hydrogen (secondary N) is 1. The summed E-state index contributed by atoms with van der Waals surface area (Å²) in [6, 6.07) is 7.73. The lowest BCUT2D eigenvalue weighted by molar-refractivity contribution is -0.275. The summed E-state index contributed by atoms with van der Waals surface area (Å²) >= 11 is 0. The maximum Gasteiger partial charge on any atom is 0.574 e. The zero-order chi connectivity index (χ0) is 20.0. The number of alkyl halides is 3. The van der Waals surface area contributed by atoms with E-state index in [9.17, 15) is 18.0 Å². The predicted octanol–water partition coefficient (Wildman–Crippen LogP) is 3.49. The molecule has 10 heteroatoms. The minimum Gasteiger partial charge on any atom is -0.497 e. The van der Waals surface area contributed by atoms with E-state index in [0.29, 0.717) is 11.3 Å². The highest BCUT2D eigenvalue weighted by Gasteiger charge is 2.34. The first kappa shape index (κ1) is 19.7. The van der Waals surface area contributed by atoms with Gasteiger partial charge in [-0.1, -0.05) is 11.8 Å². The van der Waals surface area contributed by atoms with Crippen LogP contribution in [-0.4, -0.2) is 36.8 Å². The summed E-state index contributed by atoms with van der Waals surface area (Å²) in [6.07, 6.45) is -6.66. The second kappa shape index (κ2) is 8.18. The van der Waals surface area contributed by atoms with Gasteiger partial charge in [-0.3, -0.25) is 5.32 Å². The van der Waals surface area contributed by atoms with Crippen molar-refractivity contribution in [2.24, 2.45) is 0 Å². The third-order valence-corrected chi connectivity index (χ3v) is 3.03. The third kappa shape index (κ3) is 5.71. The van der Waals surface area contributed by atoms with Crippen molar-refractivity contribution in [3.63, 3.8) is 0 Å². The lowest BCUT2D eigenvalue weighted by Crippen LogP contribution is -2.20. The molecule has 1 aromatic heterocycles. The summed E-state index contributed by atoms with van der Waals surface area (Å²) in [5.74, 6) is 4.81. The number of halogens is 3. The van der Waals surface area contributed by atoms with Gasteiger partial charge in [0.2, 0.25) is 11.8 Å². The number of rotatable bonds is 4. The molecule has 0 aliphatic heterocycles. The number of pyridine rings is 1. The second-order valence-corrected chi connectivity index (χ2v) is 4.85. The summed E-state index contributed by atoms with van der Waals surface area (Å²) in [5.41, 5.74) is 0.118. The van der Waals surface area contributed by atoms with Gasteiger partial charge in [-0.2, -0.15) is 4.98 Å². The Bertz CT molecular complexity index is 886. The van der Waals surface area contributed by atoms with Gasteiger partial charge in [-0.25, -0.2) is 4.79 Å². The molecule has 2 rings (SSSR count). The number of carbonyl (C=O) groups is 1. The molecule has 1 heterocycles. The zero-order valence-corrected chi connectivity index (χ0v) is 14.0. The van der Waals surface area contributed by atoms with E-state index in [-0.39, 0.29) is 11.4 Å². The van der Waals surface area contributed by atoms with Crippen LogP contribution < -0.4 is 19.5 Å².